The Morgan fingerprint density at radius 1 is 1.17 bits per heavy atom. The summed E-state index contributed by atoms with van der Waals surface area (Å²) in [6, 6.07) is 10.5. The molecule has 104 valence electrons. The van der Waals surface area contributed by atoms with Crippen LogP contribution in [0.25, 0.3) is 0 Å². The van der Waals surface area contributed by atoms with E-state index in [1.807, 2.05) is 6.07 Å². The average Bonchev–Trinajstić information content (AvgIpc) is 2.30. The van der Waals surface area contributed by atoms with Crippen molar-refractivity contribution < 1.29 is 4.74 Å². The maximum absolute atomic E-state index is 5.63. The van der Waals surface area contributed by atoms with Gasteiger partial charge in [-0.25, -0.2) is 0 Å². The van der Waals surface area contributed by atoms with Crippen molar-refractivity contribution >= 4 is 12.4 Å². The van der Waals surface area contributed by atoms with Gasteiger partial charge in [-0.15, -0.1) is 12.4 Å². The van der Waals surface area contributed by atoms with E-state index in [1.54, 1.807) is 0 Å². The van der Waals surface area contributed by atoms with Crippen LogP contribution in [0, 0.1) is 0 Å². The number of hydrogen-bond acceptors (Lipinski definition) is 3. The fourth-order valence-electron chi connectivity index (χ4n) is 1.71. The van der Waals surface area contributed by atoms with Crippen LogP contribution in [0.2, 0.25) is 0 Å². The molecule has 0 amide bonds. The Bertz CT molecular complexity index is 293. The molecule has 0 aliphatic heterocycles. The molecule has 1 rings (SSSR count). The van der Waals surface area contributed by atoms with E-state index in [2.05, 4.69) is 43.0 Å². The van der Waals surface area contributed by atoms with E-state index in [1.165, 1.54) is 5.56 Å². The Morgan fingerprint density at radius 2 is 1.83 bits per heavy atom. The molecule has 3 nitrogen and oxygen atoms in total. The van der Waals surface area contributed by atoms with Gasteiger partial charge in [0.15, 0.2) is 0 Å². The van der Waals surface area contributed by atoms with Gasteiger partial charge in [0, 0.05) is 26.2 Å². The Hall–Kier alpha value is -0.610. The van der Waals surface area contributed by atoms with E-state index in [-0.39, 0.29) is 12.4 Å². The number of rotatable bonds is 8. The highest BCUT2D eigenvalue weighted by atomic mass is 35.5. The van der Waals surface area contributed by atoms with Crippen LogP contribution in [0.5, 0.6) is 0 Å². The van der Waals surface area contributed by atoms with Crippen LogP contribution in [0.15, 0.2) is 30.3 Å². The molecule has 0 aliphatic rings. The summed E-state index contributed by atoms with van der Waals surface area (Å²) in [7, 11) is 0. The molecule has 0 unspecified atom stereocenters. The topological polar surface area (TPSA) is 38.5 Å². The molecule has 0 heterocycles. The molecule has 0 atom stereocenters. The molecule has 1 aromatic carbocycles. The highest BCUT2D eigenvalue weighted by Crippen LogP contribution is 2.04. The average molecular weight is 273 g/mol. The van der Waals surface area contributed by atoms with Gasteiger partial charge in [-0.2, -0.15) is 0 Å². The third-order valence-corrected chi connectivity index (χ3v) is 2.55. The number of ether oxygens (including phenoxy) is 1. The van der Waals surface area contributed by atoms with Gasteiger partial charge in [-0.05, 0) is 19.4 Å². The second-order valence-corrected chi connectivity index (χ2v) is 4.47. The fourth-order valence-corrected chi connectivity index (χ4v) is 1.71. The first-order chi connectivity index (χ1) is 8.22. The Balaban J connectivity index is 0.00000289. The van der Waals surface area contributed by atoms with Gasteiger partial charge in [-0.3, -0.25) is 4.90 Å². The van der Waals surface area contributed by atoms with Crippen LogP contribution in [0.1, 0.15) is 19.4 Å². The van der Waals surface area contributed by atoms with Crippen LogP contribution in [0.4, 0.5) is 0 Å². The number of nitrogens with two attached hydrogens (primary N) is 1. The highest BCUT2D eigenvalue weighted by molar-refractivity contribution is 5.85. The summed E-state index contributed by atoms with van der Waals surface area (Å²) < 4.78 is 5.57. The van der Waals surface area contributed by atoms with Gasteiger partial charge in [0.2, 0.25) is 0 Å². The lowest BCUT2D eigenvalue weighted by Gasteiger charge is -2.22. The molecule has 2 N–H and O–H groups in total. The van der Waals surface area contributed by atoms with Crippen LogP contribution in [0.3, 0.4) is 0 Å². The maximum atomic E-state index is 5.63. The van der Waals surface area contributed by atoms with Crippen molar-refractivity contribution in [2.75, 3.05) is 26.2 Å². The summed E-state index contributed by atoms with van der Waals surface area (Å²) in [6.45, 7) is 8.37. The second kappa shape index (κ2) is 10.3. The van der Waals surface area contributed by atoms with Crippen molar-refractivity contribution in [3.8, 4) is 0 Å². The first-order valence-corrected chi connectivity index (χ1v) is 6.30. The van der Waals surface area contributed by atoms with E-state index in [0.717, 1.165) is 26.2 Å². The Kier molecular flexibility index (Phi) is 9.98. The van der Waals surface area contributed by atoms with Crippen LogP contribution in [-0.4, -0.2) is 37.2 Å². The van der Waals surface area contributed by atoms with Gasteiger partial charge < -0.3 is 10.5 Å². The van der Waals surface area contributed by atoms with Crippen molar-refractivity contribution in [3.63, 3.8) is 0 Å². The maximum Gasteiger partial charge on any atom is 0.0597 e. The third-order valence-electron chi connectivity index (χ3n) is 2.55. The van der Waals surface area contributed by atoms with Crippen molar-refractivity contribution in [1.29, 1.82) is 0 Å². The zero-order valence-electron chi connectivity index (χ0n) is 11.3. The number of hydrogen-bond donors (Lipinski definition) is 1. The van der Waals surface area contributed by atoms with Gasteiger partial charge in [0.05, 0.1) is 12.7 Å². The number of benzene rings is 1. The van der Waals surface area contributed by atoms with Crippen molar-refractivity contribution in [1.82, 2.24) is 4.90 Å². The predicted octanol–water partition coefficient (Wildman–Crippen LogP) is 2.29. The smallest absolute Gasteiger partial charge is 0.0597 e. The third kappa shape index (κ3) is 7.67. The molecule has 0 bridgehead atoms. The molecule has 0 aliphatic carbocycles. The number of nitrogens with zero attached hydrogens (tertiary/aromatic N) is 1. The molecular formula is C14H25ClN2O. The Morgan fingerprint density at radius 3 is 2.39 bits per heavy atom. The molecule has 0 fully saturated rings. The van der Waals surface area contributed by atoms with Crippen molar-refractivity contribution in [2.24, 2.45) is 5.73 Å². The molecule has 0 spiro atoms. The largest absolute Gasteiger partial charge is 0.377 e. The normalized spacial score (nSPS) is 10.7. The molecule has 1 aromatic rings. The molecule has 18 heavy (non-hydrogen) atoms. The summed E-state index contributed by atoms with van der Waals surface area (Å²) in [6.07, 6.45) is 0.298. The van der Waals surface area contributed by atoms with Crippen LogP contribution < -0.4 is 5.73 Å². The van der Waals surface area contributed by atoms with Crippen LogP contribution >= 0.6 is 12.4 Å². The molecule has 0 saturated carbocycles. The lowest BCUT2D eigenvalue weighted by molar-refractivity contribution is 0.0581. The second-order valence-electron chi connectivity index (χ2n) is 4.47. The standard InChI is InChI=1S/C14H24N2O.ClH/c1-13(2)17-11-10-16(9-8-15)12-14-6-4-3-5-7-14;/h3-7,13H,8-12,15H2,1-2H3;1H. The van der Waals surface area contributed by atoms with Gasteiger partial charge >= 0.3 is 0 Å². The lowest BCUT2D eigenvalue weighted by atomic mass is 10.2. The molecule has 0 aromatic heterocycles. The highest BCUT2D eigenvalue weighted by Gasteiger charge is 2.05. The summed E-state index contributed by atoms with van der Waals surface area (Å²) in [5, 5.41) is 0. The van der Waals surface area contributed by atoms with E-state index in [4.69, 9.17) is 10.5 Å². The molecular weight excluding hydrogens is 248 g/mol. The minimum absolute atomic E-state index is 0. The summed E-state index contributed by atoms with van der Waals surface area (Å²) >= 11 is 0. The van der Waals surface area contributed by atoms with Gasteiger partial charge in [-0.1, -0.05) is 30.3 Å². The first-order valence-electron chi connectivity index (χ1n) is 6.30. The van der Waals surface area contributed by atoms with Gasteiger partial charge in [0.1, 0.15) is 0 Å². The van der Waals surface area contributed by atoms with Gasteiger partial charge in [0.25, 0.3) is 0 Å². The minimum Gasteiger partial charge on any atom is -0.377 e. The molecule has 0 radical (unpaired) electrons. The monoisotopic (exact) mass is 272 g/mol. The van der Waals surface area contributed by atoms with E-state index in [0.29, 0.717) is 12.6 Å². The zero-order chi connectivity index (χ0) is 12.5. The fraction of sp³-hybridized carbons (Fsp3) is 0.571. The predicted molar refractivity (Wildman–Crippen MR) is 79.1 cm³/mol. The quantitative estimate of drug-likeness (QED) is 0.789. The van der Waals surface area contributed by atoms with Crippen molar-refractivity contribution in [2.45, 2.75) is 26.5 Å². The SMILES string of the molecule is CC(C)OCCN(CCN)Cc1ccccc1.Cl. The lowest BCUT2D eigenvalue weighted by Crippen LogP contribution is -2.32. The first kappa shape index (κ1) is 17.4. The zero-order valence-corrected chi connectivity index (χ0v) is 12.2. The minimum atomic E-state index is 0. The number of halogens is 1. The Labute approximate surface area is 117 Å². The van der Waals surface area contributed by atoms with Crippen LogP contribution in [-0.2, 0) is 11.3 Å². The van der Waals surface area contributed by atoms with E-state index in [9.17, 15) is 0 Å². The summed E-state index contributed by atoms with van der Waals surface area (Å²) in [5.41, 5.74) is 6.96. The van der Waals surface area contributed by atoms with E-state index < -0.39 is 0 Å². The summed E-state index contributed by atoms with van der Waals surface area (Å²) in [4.78, 5) is 2.33. The molecule has 0 saturated heterocycles. The molecule has 4 heteroatoms. The van der Waals surface area contributed by atoms with E-state index >= 15 is 0 Å². The summed E-state index contributed by atoms with van der Waals surface area (Å²) in [5.74, 6) is 0. The van der Waals surface area contributed by atoms with Crippen molar-refractivity contribution in [3.05, 3.63) is 35.9 Å².